The lowest BCUT2D eigenvalue weighted by Gasteiger charge is -2.19. The second-order valence-corrected chi connectivity index (χ2v) is 5.08. The molecule has 0 saturated heterocycles. The van der Waals surface area contributed by atoms with E-state index in [-0.39, 0.29) is 0 Å². The van der Waals surface area contributed by atoms with Crippen molar-refractivity contribution in [3.63, 3.8) is 0 Å². The average Bonchev–Trinajstić information content (AvgIpc) is 2.32. The van der Waals surface area contributed by atoms with Crippen LogP contribution in [0.1, 0.15) is 18.7 Å². The molecule has 0 radical (unpaired) electrons. The quantitative estimate of drug-likeness (QED) is 0.783. The summed E-state index contributed by atoms with van der Waals surface area (Å²) < 4.78 is 1.97. The Morgan fingerprint density at radius 2 is 1.94 bits per heavy atom. The topological polar surface area (TPSA) is 41.7 Å². The van der Waals surface area contributed by atoms with Gasteiger partial charge in [-0.3, -0.25) is 5.41 Å². The SMILES string of the molecule is N=c1c2cc(Cl)c(Cl)cc2nc2n1CCCC2. The molecule has 2 heterocycles. The summed E-state index contributed by atoms with van der Waals surface area (Å²) >= 11 is 12.0. The van der Waals surface area contributed by atoms with Gasteiger partial charge in [0.25, 0.3) is 0 Å². The summed E-state index contributed by atoms with van der Waals surface area (Å²) in [6, 6.07) is 3.48. The van der Waals surface area contributed by atoms with Gasteiger partial charge in [0.15, 0.2) is 0 Å². The summed E-state index contributed by atoms with van der Waals surface area (Å²) in [5.41, 5.74) is 1.25. The number of hydrogen-bond acceptors (Lipinski definition) is 2. The van der Waals surface area contributed by atoms with E-state index in [4.69, 9.17) is 28.6 Å². The molecule has 1 aliphatic rings. The zero-order valence-electron chi connectivity index (χ0n) is 9.13. The van der Waals surface area contributed by atoms with Crippen molar-refractivity contribution < 1.29 is 0 Å². The first-order chi connectivity index (χ1) is 8.16. The highest BCUT2D eigenvalue weighted by atomic mass is 35.5. The first-order valence-electron chi connectivity index (χ1n) is 5.60. The fourth-order valence-electron chi connectivity index (χ4n) is 2.28. The number of nitrogens with one attached hydrogen (secondary N) is 1. The third kappa shape index (κ3) is 1.74. The minimum atomic E-state index is 0.478. The smallest absolute Gasteiger partial charge is 0.135 e. The summed E-state index contributed by atoms with van der Waals surface area (Å²) in [4.78, 5) is 4.58. The largest absolute Gasteiger partial charge is 0.314 e. The Balaban J connectivity index is 2.40. The van der Waals surface area contributed by atoms with E-state index >= 15 is 0 Å². The van der Waals surface area contributed by atoms with Gasteiger partial charge < -0.3 is 4.57 Å². The molecule has 1 aromatic heterocycles. The van der Waals surface area contributed by atoms with Crippen LogP contribution in [-0.2, 0) is 13.0 Å². The van der Waals surface area contributed by atoms with Crippen LogP contribution in [0.5, 0.6) is 0 Å². The summed E-state index contributed by atoms with van der Waals surface area (Å²) in [5.74, 6) is 0.979. The van der Waals surface area contributed by atoms with E-state index < -0.39 is 0 Å². The van der Waals surface area contributed by atoms with Crippen molar-refractivity contribution in [1.29, 1.82) is 5.41 Å². The Kier molecular flexibility index (Phi) is 2.60. The van der Waals surface area contributed by atoms with Gasteiger partial charge in [0.05, 0.1) is 15.6 Å². The standard InChI is InChI=1S/C12H11Cl2N3/c13-8-5-7-10(6-9(8)14)16-11-3-1-2-4-17(11)12(7)15/h5-6,15H,1-4H2. The van der Waals surface area contributed by atoms with Gasteiger partial charge in [-0.1, -0.05) is 23.2 Å². The molecule has 2 aromatic rings. The Labute approximate surface area is 109 Å². The minimum Gasteiger partial charge on any atom is -0.314 e. The second-order valence-electron chi connectivity index (χ2n) is 4.27. The maximum absolute atomic E-state index is 8.21. The van der Waals surface area contributed by atoms with E-state index in [0.29, 0.717) is 15.5 Å². The normalized spacial score (nSPS) is 14.9. The third-order valence-electron chi connectivity index (χ3n) is 3.16. The molecule has 5 heteroatoms. The molecule has 1 N–H and O–H groups in total. The molecule has 0 atom stereocenters. The maximum Gasteiger partial charge on any atom is 0.135 e. The molecular weight excluding hydrogens is 257 g/mol. The molecule has 1 aliphatic heterocycles. The lowest BCUT2D eigenvalue weighted by Crippen LogP contribution is -2.28. The van der Waals surface area contributed by atoms with Crippen LogP contribution in [-0.4, -0.2) is 9.55 Å². The first kappa shape index (κ1) is 11.1. The van der Waals surface area contributed by atoms with Crippen molar-refractivity contribution in [2.24, 2.45) is 0 Å². The van der Waals surface area contributed by atoms with Gasteiger partial charge in [0, 0.05) is 18.4 Å². The zero-order chi connectivity index (χ0) is 12.0. The van der Waals surface area contributed by atoms with Gasteiger partial charge in [-0.05, 0) is 25.0 Å². The van der Waals surface area contributed by atoms with Gasteiger partial charge in [-0.25, -0.2) is 4.98 Å². The van der Waals surface area contributed by atoms with Crippen molar-refractivity contribution in [2.45, 2.75) is 25.8 Å². The number of rotatable bonds is 0. The molecule has 0 bridgehead atoms. The number of nitrogens with zero attached hydrogens (tertiary/aromatic N) is 2. The van der Waals surface area contributed by atoms with E-state index in [9.17, 15) is 0 Å². The van der Waals surface area contributed by atoms with Crippen LogP contribution >= 0.6 is 23.2 Å². The highest BCUT2D eigenvalue weighted by molar-refractivity contribution is 6.42. The summed E-state index contributed by atoms with van der Waals surface area (Å²) in [5, 5.41) is 9.94. The van der Waals surface area contributed by atoms with E-state index in [2.05, 4.69) is 4.98 Å². The molecule has 0 saturated carbocycles. The predicted octanol–water partition coefficient (Wildman–Crippen LogP) is 3.16. The molecule has 0 unspecified atom stereocenters. The molecule has 1 aromatic carbocycles. The predicted molar refractivity (Wildman–Crippen MR) is 68.5 cm³/mol. The Morgan fingerprint density at radius 3 is 2.76 bits per heavy atom. The van der Waals surface area contributed by atoms with Crippen LogP contribution in [0.3, 0.4) is 0 Å². The number of hydrogen-bond donors (Lipinski definition) is 1. The van der Waals surface area contributed by atoms with Gasteiger partial charge in [-0.2, -0.15) is 0 Å². The van der Waals surface area contributed by atoms with Gasteiger partial charge in [0.2, 0.25) is 0 Å². The molecule has 0 spiro atoms. The Hall–Kier alpha value is -1.06. The van der Waals surface area contributed by atoms with Gasteiger partial charge >= 0.3 is 0 Å². The molecule has 3 nitrogen and oxygen atoms in total. The van der Waals surface area contributed by atoms with E-state index in [1.807, 2.05) is 4.57 Å². The third-order valence-corrected chi connectivity index (χ3v) is 3.88. The van der Waals surface area contributed by atoms with Crippen molar-refractivity contribution in [1.82, 2.24) is 9.55 Å². The fourth-order valence-corrected chi connectivity index (χ4v) is 2.60. The highest BCUT2D eigenvalue weighted by Crippen LogP contribution is 2.26. The van der Waals surface area contributed by atoms with Crippen molar-refractivity contribution >= 4 is 34.1 Å². The minimum absolute atomic E-state index is 0.478. The van der Waals surface area contributed by atoms with E-state index in [0.717, 1.165) is 42.5 Å². The summed E-state index contributed by atoms with van der Waals surface area (Å²) in [7, 11) is 0. The van der Waals surface area contributed by atoms with Crippen molar-refractivity contribution in [2.75, 3.05) is 0 Å². The average molecular weight is 268 g/mol. The number of benzene rings is 1. The summed E-state index contributed by atoms with van der Waals surface area (Å²) in [6.07, 6.45) is 3.18. The highest BCUT2D eigenvalue weighted by Gasteiger charge is 2.13. The first-order valence-corrected chi connectivity index (χ1v) is 6.35. The number of aromatic nitrogens is 2. The zero-order valence-corrected chi connectivity index (χ0v) is 10.6. The van der Waals surface area contributed by atoms with Gasteiger partial charge in [0.1, 0.15) is 11.3 Å². The summed E-state index contributed by atoms with van der Waals surface area (Å²) in [6.45, 7) is 0.872. The molecule has 88 valence electrons. The Morgan fingerprint density at radius 1 is 1.18 bits per heavy atom. The molecule has 17 heavy (non-hydrogen) atoms. The lowest BCUT2D eigenvalue weighted by molar-refractivity contribution is 0.493. The number of aryl methyl sites for hydroxylation is 1. The molecule has 0 aliphatic carbocycles. The lowest BCUT2D eigenvalue weighted by atomic mass is 10.1. The van der Waals surface area contributed by atoms with Crippen LogP contribution in [0, 0.1) is 5.41 Å². The van der Waals surface area contributed by atoms with Crippen LogP contribution in [0.15, 0.2) is 12.1 Å². The Bertz CT molecular complexity index is 661. The monoisotopic (exact) mass is 267 g/mol. The second kappa shape index (κ2) is 4.00. The number of fused-ring (bicyclic) bond motifs is 2. The number of halogens is 2. The van der Waals surface area contributed by atoms with E-state index in [1.165, 1.54) is 0 Å². The van der Waals surface area contributed by atoms with Crippen LogP contribution in [0.4, 0.5) is 0 Å². The van der Waals surface area contributed by atoms with Crippen LogP contribution in [0.2, 0.25) is 10.0 Å². The van der Waals surface area contributed by atoms with Crippen LogP contribution < -0.4 is 5.49 Å². The molecule has 0 amide bonds. The van der Waals surface area contributed by atoms with Crippen molar-refractivity contribution in [3.8, 4) is 0 Å². The van der Waals surface area contributed by atoms with Crippen LogP contribution in [0.25, 0.3) is 10.9 Å². The molecule has 3 rings (SSSR count). The van der Waals surface area contributed by atoms with E-state index in [1.54, 1.807) is 12.1 Å². The molecule has 0 fully saturated rings. The maximum atomic E-state index is 8.21. The van der Waals surface area contributed by atoms with Gasteiger partial charge in [-0.15, -0.1) is 0 Å². The van der Waals surface area contributed by atoms with Crippen molar-refractivity contribution in [3.05, 3.63) is 33.5 Å². The molecular formula is C12H11Cl2N3. The fraction of sp³-hybridized carbons (Fsp3) is 0.333.